The molecule has 0 saturated carbocycles. The van der Waals surface area contributed by atoms with Crippen molar-refractivity contribution in [1.29, 1.82) is 0 Å². The molecule has 160 valence electrons. The highest BCUT2D eigenvalue weighted by atomic mass is 35.5. The van der Waals surface area contributed by atoms with Crippen molar-refractivity contribution in [1.82, 2.24) is 4.98 Å². The van der Waals surface area contributed by atoms with Crippen LogP contribution >= 0.6 is 11.6 Å². The molecule has 6 heteroatoms. The van der Waals surface area contributed by atoms with Crippen LogP contribution in [0, 0.1) is 0 Å². The molecule has 0 aliphatic carbocycles. The van der Waals surface area contributed by atoms with E-state index in [1.165, 1.54) is 0 Å². The summed E-state index contributed by atoms with van der Waals surface area (Å²) in [6, 6.07) is 24.9. The third-order valence-corrected chi connectivity index (χ3v) is 5.85. The fraction of sp³-hybridized carbons (Fsp3) is 0.154. The SMILES string of the molecule is O=C(Nc1ccc(N2CCOCC2)cc1)c1cc(-c2ccc(Cl)cc2)nc2ccccc12. The first-order chi connectivity index (χ1) is 15.7. The van der Waals surface area contributed by atoms with E-state index in [0.29, 0.717) is 10.6 Å². The lowest BCUT2D eigenvalue weighted by molar-refractivity contribution is 0.102. The van der Waals surface area contributed by atoms with Gasteiger partial charge < -0.3 is 15.0 Å². The number of morpholine rings is 1. The minimum atomic E-state index is -0.169. The molecule has 5 nitrogen and oxygen atoms in total. The normalized spacial score (nSPS) is 13.8. The van der Waals surface area contributed by atoms with Crippen molar-refractivity contribution in [2.24, 2.45) is 0 Å². The van der Waals surface area contributed by atoms with Crippen LogP contribution in [-0.2, 0) is 4.74 Å². The van der Waals surface area contributed by atoms with E-state index >= 15 is 0 Å². The van der Waals surface area contributed by atoms with Gasteiger partial charge in [0.05, 0.1) is 30.0 Å². The van der Waals surface area contributed by atoms with Crippen molar-refractivity contribution in [3.05, 3.63) is 89.4 Å². The Bertz CT molecular complexity index is 1250. The van der Waals surface area contributed by atoms with Gasteiger partial charge >= 0.3 is 0 Å². The summed E-state index contributed by atoms with van der Waals surface area (Å²) < 4.78 is 5.42. The van der Waals surface area contributed by atoms with Crippen LogP contribution in [0.1, 0.15) is 10.4 Å². The minimum Gasteiger partial charge on any atom is -0.378 e. The number of amides is 1. The Labute approximate surface area is 191 Å². The molecule has 0 radical (unpaired) electrons. The number of pyridine rings is 1. The quantitative estimate of drug-likeness (QED) is 0.443. The molecule has 0 atom stereocenters. The number of rotatable bonds is 4. The van der Waals surface area contributed by atoms with Crippen LogP contribution in [0.2, 0.25) is 5.02 Å². The van der Waals surface area contributed by atoms with Gasteiger partial charge in [0, 0.05) is 40.4 Å². The topological polar surface area (TPSA) is 54.5 Å². The maximum Gasteiger partial charge on any atom is 0.256 e. The molecule has 2 heterocycles. The molecule has 0 bridgehead atoms. The summed E-state index contributed by atoms with van der Waals surface area (Å²) in [5.74, 6) is -0.169. The number of nitrogens with zero attached hydrogens (tertiary/aromatic N) is 2. The summed E-state index contributed by atoms with van der Waals surface area (Å²) in [6.45, 7) is 3.23. The van der Waals surface area contributed by atoms with Gasteiger partial charge in [-0.25, -0.2) is 4.98 Å². The van der Waals surface area contributed by atoms with E-state index in [4.69, 9.17) is 21.3 Å². The molecule has 1 aromatic heterocycles. The number of hydrogen-bond donors (Lipinski definition) is 1. The zero-order chi connectivity index (χ0) is 21.9. The van der Waals surface area contributed by atoms with Gasteiger partial charge in [-0.1, -0.05) is 41.9 Å². The average Bonchev–Trinajstić information content (AvgIpc) is 2.85. The van der Waals surface area contributed by atoms with Gasteiger partial charge in [-0.15, -0.1) is 0 Å². The number of carbonyl (C=O) groups excluding carboxylic acids is 1. The third kappa shape index (κ3) is 4.31. The molecule has 1 N–H and O–H groups in total. The average molecular weight is 444 g/mol. The van der Waals surface area contributed by atoms with Crippen molar-refractivity contribution >= 4 is 39.8 Å². The third-order valence-electron chi connectivity index (χ3n) is 5.60. The van der Waals surface area contributed by atoms with Gasteiger partial charge in [0.2, 0.25) is 0 Å². The Hall–Kier alpha value is -3.41. The van der Waals surface area contributed by atoms with Gasteiger partial charge in [0.25, 0.3) is 5.91 Å². The van der Waals surface area contributed by atoms with E-state index in [1.54, 1.807) is 0 Å². The van der Waals surface area contributed by atoms with Crippen molar-refractivity contribution in [3.63, 3.8) is 0 Å². The summed E-state index contributed by atoms with van der Waals surface area (Å²) in [4.78, 5) is 20.3. The number of benzene rings is 3. The molecule has 1 amide bonds. The Morgan fingerprint density at radius 2 is 1.66 bits per heavy atom. The Morgan fingerprint density at radius 1 is 0.938 bits per heavy atom. The number of halogens is 1. The summed E-state index contributed by atoms with van der Waals surface area (Å²) in [5, 5.41) is 4.51. The molecule has 1 aliphatic heterocycles. The fourth-order valence-electron chi connectivity index (χ4n) is 3.91. The molecule has 3 aromatic carbocycles. The molecule has 0 unspecified atom stereocenters. The second-order valence-electron chi connectivity index (χ2n) is 7.68. The number of fused-ring (bicyclic) bond motifs is 1. The first-order valence-corrected chi connectivity index (χ1v) is 10.9. The highest BCUT2D eigenvalue weighted by molar-refractivity contribution is 6.30. The number of hydrogen-bond acceptors (Lipinski definition) is 4. The maximum absolute atomic E-state index is 13.3. The van der Waals surface area contributed by atoms with Crippen molar-refractivity contribution in [2.45, 2.75) is 0 Å². The fourth-order valence-corrected chi connectivity index (χ4v) is 4.03. The lowest BCUT2D eigenvalue weighted by Gasteiger charge is -2.28. The first-order valence-electron chi connectivity index (χ1n) is 10.6. The Balaban J connectivity index is 1.44. The van der Waals surface area contributed by atoms with Gasteiger partial charge in [-0.05, 0) is 48.5 Å². The Kier molecular flexibility index (Phi) is 5.75. The zero-order valence-electron chi connectivity index (χ0n) is 17.4. The summed E-state index contributed by atoms with van der Waals surface area (Å²) in [6.07, 6.45) is 0. The predicted molar refractivity (Wildman–Crippen MR) is 130 cm³/mol. The Morgan fingerprint density at radius 3 is 2.41 bits per heavy atom. The summed E-state index contributed by atoms with van der Waals surface area (Å²) in [5.41, 5.74) is 4.87. The molecule has 0 spiro atoms. The van der Waals surface area contributed by atoms with E-state index < -0.39 is 0 Å². The van der Waals surface area contributed by atoms with E-state index in [-0.39, 0.29) is 5.91 Å². The van der Waals surface area contributed by atoms with E-state index in [2.05, 4.69) is 10.2 Å². The van der Waals surface area contributed by atoms with Crippen molar-refractivity contribution < 1.29 is 9.53 Å². The van der Waals surface area contributed by atoms with Crippen molar-refractivity contribution in [3.8, 4) is 11.3 Å². The smallest absolute Gasteiger partial charge is 0.256 e. The van der Waals surface area contributed by atoms with Gasteiger partial charge in [0.1, 0.15) is 0 Å². The van der Waals surface area contributed by atoms with Crippen LogP contribution < -0.4 is 10.2 Å². The van der Waals surface area contributed by atoms with Crippen LogP contribution in [0.3, 0.4) is 0 Å². The highest BCUT2D eigenvalue weighted by Gasteiger charge is 2.15. The number of para-hydroxylation sites is 1. The molecule has 1 saturated heterocycles. The second-order valence-corrected chi connectivity index (χ2v) is 8.12. The van der Waals surface area contributed by atoms with E-state index in [9.17, 15) is 4.79 Å². The van der Waals surface area contributed by atoms with Gasteiger partial charge in [-0.2, -0.15) is 0 Å². The van der Waals surface area contributed by atoms with E-state index in [1.807, 2.05) is 78.9 Å². The first kappa shape index (κ1) is 20.5. The number of aromatic nitrogens is 1. The molecular weight excluding hydrogens is 422 g/mol. The predicted octanol–water partition coefficient (Wildman–Crippen LogP) is 5.64. The molecule has 32 heavy (non-hydrogen) atoms. The largest absolute Gasteiger partial charge is 0.378 e. The van der Waals surface area contributed by atoms with Crippen LogP contribution in [0.4, 0.5) is 11.4 Å². The van der Waals surface area contributed by atoms with Crippen LogP contribution in [0.5, 0.6) is 0 Å². The summed E-state index contributed by atoms with van der Waals surface area (Å²) >= 11 is 6.03. The summed E-state index contributed by atoms with van der Waals surface area (Å²) in [7, 11) is 0. The van der Waals surface area contributed by atoms with Crippen LogP contribution in [0.25, 0.3) is 22.2 Å². The molecular formula is C26H22ClN3O2. The number of nitrogens with one attached hydrogen (secondary N) is 1. The molecule has 1 aliphatic rings. The monoisotopic (exact) mass is 443 g/mol. The standard InChI is InChI=1S/C26H22ClN3O2/c27-19-7-5-18(6-8-19)25-17-23(22-3-1-2-4-24(22)29-25)26(31)28-20-9-11-21(12-10-20)30-13-15-32-16-14-30/h1-12,17H,13-16H2,(H,28,31). The number of ether oxygens (including phenoxy) is 1. The molecule has 5 rings (SSSR count). The van der Waals surface area contributed by atoms with Crippen molar-refractivity contribution in [2.75, 3.05) is 36.5 Å². The second kappa shape index (κ2) is 8.99. The zero-order valence-corrected chi connectivity index (χ0v) is 18.2. The molecule has 1 fully saturated rings. The molecule has 4 aromatic rings. The van der Waals surface area contributed by atoms with Gasteiger partial charge in [0.15, 0.2) is 0 Å². The lowest BCUT2D eigenvalue weighted by atomic mass is 10.0. The van der Waals surface area contributed by atoms with Gasteiger partial charge in [-0.3, -0.25) is 4.79 Å². The maximum atomic E-state index is 13.3. The van der Waals surface area contributed by atoms with Crippen LogP contribution in [-0.4, -0.2) is 37.2 Å². The number of anilines is 2. The number of carbonyl (C=O) groups is 1. The lowest BCUT2D eigenvalue weighted by Crippen LogP contribution is -2.36. The van der Waals surface area contributed by atoms with E-state index in [0.717, 1.165) is 59.8 Å². The highest BCUT2D eigenvalue weighted by Crippen LogP contribution is 2.27. The van der Waals surface area contributed by atoms with Crippen LogP contribution in [0.15, 0.2) is 78.9 Å². The minimum absolute atomic E-state index is 0.169.